The molecule has 0 unspecified atom stereocenters. The normalized spacial score (nSPS) is 15.3. The monoisotopic (exact) mass is 527 g/mol. The van der Waals surface area contributed by atoms with Crippen molar-refractivity contribution < 1.29 is 36.6 Å². The third-order valence-corrected chi connectivity index (χ3v) is 6.22. The van der Waals surface area contributed by atoms with Gasteiger partial charge in [-0.05, 0) is 44.0 Å². The maximum Gasteiger partial charge on any atom is 0.425 e. The largest absolute Gasteiger partial charge is 0.480 e. The SMILES string of the molecule is C[C@H](Oc1cc(-c2cnc(C3(CO)CC3)cn2)c(F)cc1C(=O)Nc1c(F)cccc1Cl)C(F)(F)F. The van der Waals surface area contributed by atoms with Crippen molar-refractivity contribution in [1.82, 2.24) is 9.97 Å². The van der Waals surface area contributed by atoms with Crippen LogP contribution in [0.3, 0.4) is 0 Å². The molecule has 12 heteroatoms. The molecule has 1 heterocycles. The maximum absolute atomic E-state index is 15.1. The summed E-state index contributed by atoms with van der Waals surface area (Å²) >= 11 is 5.90. The number of carbonyl (C=O) groups excluding carboxylic acids is 1. The van der Waals surface area contributed by atoms with Crippen molar-refractivity contribution in [2.45, 2.75) is 37.5 Å². The Kier molecular flexibility index (Phi) is 6.89. The van der Waals surface area contributed by atoms with Gasteiger partial charge >= 0.3 is 6.18 Å². The first-order valence-electron chi connectivity index (χ1n) is 10.7. The standard InChI is InChI=1S/C24H19ClF5N3O3/c1-12(24(28,29)30)36-19-8-13(18-9-32-20(10-31-18)23(11-34)5-6-23)17(27)7-14(19)22(35)33-21-15(25)3-2-4-16(21)26/h2-4,7-10,12,34H,5-6,11H2,1H3,(H,33,35)/t12-/m0/s1. The Morgan fingerprint density at radius 2 is 1.92 bits per heavy atom. The number of anilines is 1. The third-order valence-electron chi connectivity index (χ3n) is 5.91. The molecular formula is C24H19ClF5N3O3. The zero-order valence-corrected chi connectivity index (χ0v) is 19.4. The van der Waals surface area contributed by atoms with Crippen molar-refractivity contribution in [2.24, 2.45) is 0 Å². The lowest BCUT2D eigenvalue weighted by Crippen LogP contribution is -2.32. The minimum absolute atomic E-state index is 0.0291. The van der Waals surface area contributed by atoms with Gasteiger partial charge in [0.1, 0.15) is 17.4 Å². The lowest BCUT2D eigenvalue weighted by molar-refractivity contribution is -0.189. The highest BCUT2D eigenvalue weighted by atomic mass is 35.5. The number of halogens is 6. The number of ether oxygens (including phenoxy) is 1. The van der Waals surface area contributed by atoms with E-state index >= 15 is 4.39 Å². The Labute approximate surface area is 207 Å². The van der Waals surface area contributed by atoms with E-state index in [1.165, 1.54) is 24.5 Å². The fraction of sp³-hybridized carbons (Fsp3) is 0.292. The van der Waals surface area contributed by atoms with Gasteiger partial charge in [-0.25, -0.2) is 8.78 Å². The van der Waals surface area contributed by atoms with Crippen LogP contribution in [0.4, 0.5) is 27.6 Å². The molecule has 0 radical (unpaired) electrons. The maximum atomic E-state index is 15.1. The smallest absolute Gasteiger partial charge is 0.425 e. The van der Waals surface area contributed by atoms with Gasteiger partial charge in [0.25, 0.3) is 5.91 Å². The van der Waals surface area contributed by atoms with Crippen molar-refractivity contribution >= 4 is 23.2 Å². The molecule has 190 valence electrons. The van der Waals surface area contributed by atoms with Gasteiger partial charge in [0.05, 0.1) is 40.5 Å². The molecule has 1 aliphatic carbocycles. The Morgan fingerprint density at radius 3 is 2.47 bits per heavy atom. The number of para-hydroxylation sites is 1. The molecule has 1 atom stereocenters. The molecular weight excluding hydrogens is 509 g/mol. The van der Waals surface area contributed by atoms with Gasteiger partial charge < -0.3 is 15.2 Å². The van der Waals surface area contributed by atoms with Gasteiger partial charge in [-0.2, -0.15) is 13.2 Å². The molecule has 1 amide bonds. The van der Waals surface area contributed by atoms with Crippen LogP contribution in [0.2, 0.25) is 5.02 Å². The Morgan fingerprint density at radius 1 is 1.19 bits per heavy atom. The van der Waals surface area contributed by atoms with Gasteiger partial charge in [0.2, 0.25) is 0 Å². The number of carbonyl (C=O) groups is 1. The number of amides is 1. The summed E-state index contributed by atoms with van der Waals surface area (Å²) in [6.45, 7) is 0.593. The number of aromatic nitrogens is 2. The number of benzene rings is 2. The number of rotatable bonds is 7. The molecule has 0 saturated heterocycles. The van der Waals surface area contributed by atoms with E-state index in [1.54, 1.807) is 0 Å². The van der Waals surface area contributed by atoms with Crippen LogP contribution in [-0.4, -0.2) is 39.9 Å². The van der Waals surface area contributed by atoms with Gasteiger partial charge in [-0.3, -0.25) is 14.8 Å². The second-order valence-electron chi connectivity index (χ2n) is 8.41. The van der Waals surface area contributed by atoms with Crippen molar-refractivity contribution in [3.8, 4) is 17.0 Å². The van der Waals surface area contributed by atoms with E-state index in [2.05, 4.69) is 15.3 Å². The second-order valence-corrected chi connectivity index (χ2v) is 8.81. The van der Waals surface area contributed by atoms with Gasteiger partial charge in [0.15, 0.2) is 6.10 Å². The summed E-state index contributed by atoms with van der Waals surface area (Å²) in [4.78, 5) is 21.2. The van der Waals surface area contributed by atoms with Crippen LogP contribution in [0, 0.1) is 11.6 Å². The average molecular weight is 528 g/mol. The fourth-order valence-corrected chi connectivity index (χ4v) is 3.68. The zero-order valence-electron chi connectivity index (χ0n) is 18.7. The molecule has 2 N–H and O–H groups in total. The second kappa shape index (κ2) is 9.62. The molecule has 0 bridgehead atoms. The molecule has 36 heavy (non-hydrogen) atoms. The van der Waals surface area contributed by atoms with Crippen molar-refractivity contribution in [3.63, 3.8) is 0 Å². The van der Waals surface area contributed by atoms with E-state index in [1.807, 2.05) is 0 Å². The van der Waals surface area contributed by atoms with Crippen molar-refractivity contribution in [1.29, 1.82) is 0 Å². The van der Waals surface area contributed by atoms with Crippen LogP contribution in [0.1, 0.15) is 35.8 Å². The zero-order chi connectivity index (χ0) is 26.3. The first kappa shape index (κ1) is 25.8. The van der Waals surface area contributed by atoms with E-state index in [0.717, 1.165) is 31.9 Å². The first-order valence-corrected chi connectivity index (χ1v) is 11.1. The van der Waals surface area contributed by atoms with E-state index in [-0.39, 0.29) is 22.9 Å². The van der Waals surface area contributed by atoms with Crippen molar-refractivity contribution in [2.75, 3.05) is 11.9 Å². The highest BCUT2D eigenvalue weighted by molar-refractivity contribution is 6.34. The molecule has 1 aliphatic rings. The van der Waals surface area contributed by atoms with E-state index in [0.29, 0.717) is 11.8 Å². The highest BCUT2D eigenvalue weighted by Crippen LogP contribution is 2.46. The molecule has 4 rings (SSSR count). The van der Waals surface area contributed by atoms with Crippen LogP contribution in [0.15, 0.2) is 42.7 Å². The van der Waals surface area contributed by atoms with Crippen LogP contribution in [0.25, 0.3) is 11.3 Å². The van der Waals surface area contributed by atoms with Crippen LogP contribution < -0.4 is 10.1 Å². The average Bonchev–Trinajstić information content (AvgIpc) is 3.63. The number of alkyl halides is 3. The van der Waals surface area contributed by atoms with Gasteiger partial charge in [0, 0.05) is 17.2 Å². The lowest BCUT2D eigenvalue weighted by atomic mass is 10.0. The molecule has 1 saturated carbocycles. The minimum atomic E-state index is -4.79. The number of nitrogens with zero attached hydrogens (tertiary/aromatic N) is 2. The summed E-state index contributed by atoms with van der Waals surface area (Å²) in [5, 5.41) is 11.5. The number of hydrogen-bond acceptors (Lipinski definition) is 5. The molecule has 1 fully saturated rings. The predicted molar refractivity (Wildman–Crippen MR) is 121 cm³/mol. The predicted octanol–water partition coefficient (Wildman–Crippen LogP) is 5.68. The third kappa shape index (κ3) is 5.12. The quantitative estimate of drug-likeness (QED) is 0.386. The molecule has 0 spiro atoms. The van der Waals surface area contributed by atoms with E-state index in [4.69, 9.17) is 16.3 Å². The summed E-state index contributed by atoms with van der Waals surface area (Å²) in [7, 11) is 0. The fourth-order valence-electron chi connectivity index (χ4n) is 3.47. The summed E-state index contributed by atoms with van der Waals surface area (Å²) in [5.41, 5.74) is -1.33. The first-order chi connectivity index (χ1) is 16.9. The molecule has 6 nitrogen and oxygen atoms in total. The number of aliphatic hydroxyl groups is 1. The Balaban J connectivity index is 1.73. The molecule has 1 aromatic heterocycles. The Hall–Kier alpha value is -3.31. The van der Waals surface area contributed by atoms with E-state index < -0.39 is 52.2 Å². The minimum Gasteiger partial charge on any atom is -0.480 e. The van der Waals surface area contributed by atoms with Crippen LogP contribution in [-0.2, 0) is 5.41 Å². The van der Waals surface area contributed by atoms with E-state index in [9.17, 15) is 27.5 Å². The number of nitrogens with one attached hydrogen (secondary N) is 1. The Bertz CT molecular complexity index is 1280. The lowest BCUT2D eigenvalue weighted by Gasteiger charge is -2.21. The molecule has 2 aromatic carbocycles. The van der Waals surface area contributed by atoms with Gasteiger partial charge in [-0.15, -0.1) is 0 Å². The summed E-state index contributed by atoms with van der Waals surface area (Å²) in [6.07, 6.45) is -3.13. The highest BCUT2D eigenvalue weighted by Gasteiger charge is 2.45. The summed E-state index contributed by atoms with van der Waals surface area (Å²) < 4.78 is 73.8. The van der Waals surface area contributed by atoms with Gasteiger partial charge in [-0.1, -0.05) is 17.7 Å². The van der Waals surface area contributed by atoms with Crippen LogP contribution >= 0.6 is 11.6 Å². The molecule has 3 aromatic rings. The number of hydrogen-bond donors (Lipinski definition) is 2. The van der Waals surface area contributed by atoms with Crippen molar-refractivity contribution in [3.05, 3.63) is 70.6 Å². The number of aliphatic hydroxyl groups excluding tert-OH is 1. The topological polar surface area (TPSA) is 84.3 Å². The summed E-state index contributed by atoms with van der Waals surface area (Å²) in [5.74, 6) is -3.65. The van der Waals surface area contributed by atoms with Crippen LogP contribution in [0.5, 0.6) is 5.75 Å². The molecule has 0 aliphatic heterocycles. The summed E-state index contributed by atoms with van der Waals surface area (Å²) in [6, 6.07) is 5.16.